The highest BCUT2D eigenvalue weighted by atomic mass is 19.1. The van der Waals surface area contributed by atoms with E-state index in [1.807, 2.05) is 30.3 Å². The van der Waals surface area contributed by atoms with E-state index in [-0.39, 0.29) is 18.8 Å². The fraction of sp³-hybridized carbons (Fsp3) is 0.208. The van der Waals surface area contributed by atoms with Crippen molar-refractivity contribution >= 4 is 5.97 Å². The molecular formula is C24H21FO6. The monoisotopic (exact) mass is 424 g/mol. The van der Waals surface area contributed by atoms with Gasteiger partial charge in [0.05, 0.1) is 20.8 Å². The summed E-state index contributed by atoms with van der Waals surface area (Å²) in [4.78, 5) is 12.8. The fourth-order valence-electron chi connectivity index (χ4n) is 3.43. The zero-order valence-corrected chi connectivity index (χ0v) is 17.1. The van der Waals surface area contributed by atoms with Gasteiger partial charge in [-0.3, -0.25) is 0 Å². The zero-order valence-electron chi connectivity index (χ0n) is 17.1. The molecule has 7 heteroatoms. The summed E-state index contributed by atoms with van der Waals surface area (Å²) in [5, 5.41) is 0. The number of methoxy groups -OCH3 is 2. The quantitative estimate of drug-likeness (QED) is 0.530. The number of ether oxygens (including phenoxy) is 5. The van der Waals surface area contributed by atoms with Gasteiger partial charge in [-0.25, -0.2) is 9.18 Å². The summed E-state index contributed by atoms with van der Waals surface area (Å²) in [5.74, 6) is -0.0378. The number of hydrogen-bond acceptors (Lipinski definition) is 6. The topological polar surface area (TPSA) is 63.2 Å². The molecule has 4 rings (SSSR count). The van der Waals surface area contributed by atoms with E-state index in [9.17, 15) is 9.18 Å². The molecule has 1 aliphatic heterocycles. The van der Waals surface area contributed by atoms with E-state index in [2.05, 4.69) is 0 Å². The predicted molar refractivity (Wildman–Crippen MR) is 110 cm³/mol. The van der Waals surface area contributed by atoms with Crippen LogP contribution in [-0.4, -0.2) is 20.2 Å². The first-order chi connectivity index (χ1) is 15.1. The average molecular weight is 424 g/mol. The highest BCUT2D eigenvalue weighted by Crippen LogP contribution is 2.37. The summed E-state index contributed by atoms with van der Waals surface area (Å²) in [6.45, 7) is -0.0183. The number of rotatable bonds is 6. The van der Waals surface area contributed by atoms with Gasteiger partial charge in [-0.1, -0.05) is 36.4 Å². The summed E-state index contributed by atoms with van der Waals surface area (Å²) >= 11 is 0. The maximum absolute atomic E-state index is 14.2. The third-order valence-electron chi connectivity index (χ3n) is 4.89. The lowest BCUT2D eigenvalue weighted by Crippen LogP contribution is -2.20. The molecule has 0 fully saturated rings. The number of halogens is 1. The van der Waals surface area contributed by atoms with Crippen LogP contribution in [0.1, 0.15) is 33.3 Å². The van der Waals surface area contributed by atoms with Gasteiger partial charge in [0, 0.05) is 16.7 Å². The van der Waals surface area contributed by atoms with E-state index in [4.69, 9.17) is 23.7 Å². The Morgan fingerprint density at radius 3 is 2.42 bits per heavy atom. The minimum absolute atomic E-state index is 0.157. The number of hydrogen-bond donors (Lipinski definition) is 0. The Morgan fingerprint density at radius 2 is 1.74 bits per heavy atom. The van der Waals surface area contributed by atoms with Gasteiger partial charge in [-0.05, 0) is 24.3 Å². The number of benzene rings is 3. The van der Waals surface area contributed by atoms with Crippen LogP contribution in [0.25, 0.3) is 0 Å². The molecular weight excluding hydrogens is 403 g/mol. The minimum Gasteiger partial charge on any atom is -0.496 e. The predicted octanol–water partition coefficient (Wildman–Crippen LogP) is 4.81. The molecule has 1 atom stereocenters. The van der Waals surface area contributed by atoms with Crippen molar-refractivity contribution in [2.75, 3.05) is 14.2 Å². The van der Waals surface area contributed by atoms with Crippen molar-refractivity contribution in [3.05, 3.63) is 88.7 Å². The molecule has 0 N–H and O–H groups in total. The van der Waals surface area contributed by atoms with E-state index < -0.39 is 18.1 Å². The lowest BCUT2D eigenvalue weighted by molar-refractivity contribution is -0.112. The van der Waals surface area contributed by atoms with Gasteiger partial charge in [0.25, 0.3) is 0 Å². The van der Waals surface area contributed by atoms with Crippen LogP contribution in [0, 0.1) is 5.82 Å². The first kappa shape index (κ1) is 20.7. The number of fused-ring (bicyclic) bond motifs is 1. The van der Waals surface area contributed by atoms with Gasteiger partial charge in [0.2, 0.25) is 6.29 Å². The van der Waals surface area contributed by atoms with E-state index in [0.29, 0.717) is 28.4 Å². The lowest BCUT2D eigenvalue weighted by Gasteiger charge is -2.28. The van der Waals surface area contributed by atoms with Crippen molar-refractivity contribution in [2.24, 2.45) is 0 Å². The van der Waals surface area contributed by atoms with Gasteiger partial charge < -0.3 is 23.7 Å². The molecule has 1 unspecified atom stereocenters. The van der Waals surface area contributed by atoms with Crippen molar-refractivity contribution in [1.29, 1.82) is 0 Å². The average Bonchev–Trinajstić information content (AvgIpc) is 2.81. The van der Waals surface area contributed by atoms with Crippen LogP contribution in [0.5, 0.6) is 17.2 Å². The molecule has 0 bridgehead atoms. The van der Waals surface area contributed by atoms with Crippen molar-refractivity contribution in [2.45, 2.75) is 19.5 Å². The fourth-order valence-corrected chi connectivity index (χ4v) is 3.43. The van der Waals surface area contributed by atoms with Crippen LogP contribution in [0.3, 0.4) is 0 Å². The highest BCUT2D eigenvalue weighted by Gasteiger charge is 2.26. The van der Waals surface area contributed by atoms with Gasteiger partial charge in [-0.15, -0.1) is 0 Å². The van der Waals surface area contributed by atoms with E-state index in [1.54, 1.807) is 18.2 Å². The summed E-state index contributed by atoms with van der Waals surface area (Å²) in [6, 6.07) is 17.0. The molecule has 6 nitrogen and oxygen atoms in total. The van der Waals surface area contributed by atoms with Gasteiger partial charge in [0.1, 0.15) is 35.2 Å². The maximum Gasteiger partial charge on any atom is 0.346 e. The smallest absolute Gasteiger partial charge is 0.346 e. The van der Waals surface area contributed by atoms with Crippen LogP contribution in [0.15, 0.2) is 60.7 Å². The summed E-state index contributed by atoms with van der Waals surface area (Å²) in [6.07, 6.45) is -0.636. The number of carbonyl (C=O) groups excluding carboxylic acids is 1. The number of carbonyl (C=O) groups is 1. The summed E-state index contributed by atoms with van der Waals surface area (Å²) < 4.78 is 41.9. The van der Waals surface area contributed by atoms with Crippen LogP contribution in [-0.2, 0) is 22.7 Å². The zero-order chi connectivity index (χ0) is 21.8. The van der Waals surface area contributed by atoms with Gasteiger partial charge >= 0.3 is 5.97 Å². The van der Waals surface area contributed by atoms with Crippen LogP contribution >= 0.6 is 0 Å². The summed E-state index contributed by atoms with van der Waals surface area (Å²) in [5.41, 5.74) is 1.94. The minimum atomic E-state index is -0.654. The van der Waals surface area contributed by atoms with Crippen molar-refractivity contribution in [3.63, 3.8) is 0 Å². The molecule has 0 saturated carbocycles. The Kier molecular flexibility index (Phi) is 6.04. The van der Waals surface area contributed by atoms with Crippen LogP contribution in [0.4, 0.5) is 4.39 Å². The molecule has 3 aromatic rings. The van der Waals surface area contributed by atoms with Crippen molar-refractivity contribution in [1.82, 2.24) is 0 Å². The molecule has 1 aliphatic rings. The Bertz CT molecular complexity index is 1060. The van der Waals surface area contributed by atoms with Crippen molar-refractivity contribution in [3.8, 4) is 17.2 Å². The first-order valence-electron chi connectivity index (χ1n) is 9.63. The van der Waals surface area contributed by atoms with E-state index in [0.717, 1.165) is 5.56 Å². The Hall–Kier alpha value is -3.58. The van der Waals surface area contributed by atoms with E-state index in [1.165, 1.54) is 26.4 Å². The standard InChI is InChI=1S/C24H21FO6/c1-27-19-9-6-10-20(28-2)21(19)23(26)29-13-16-11-18(25)12-17-14-30-24(31-22(16)17)15-7-4-3-5-8-15/h3-12,24H,13-14H2,1-2H3. The SMILES string of the molecule is COc1cccc(OC)c1C(=O)OCc1cc(F)cc2c1OC(c1ccccc1)OC2. The second-order valence-corrected chi connectivity index (χ2v) is 6.84. The molecule has 0 amide bonds. The molecule has 31 heavy (non-hydrogen) atoms. The van der Waals surface area contributed by atoms with Gasteiger partial charge in [-0.2, -0.15) is 0 Å². The Morgan fingerprint density at radius 1 is 1.03 bits per heavy atom. The molecule has 0 aromatic heterocycles. The Balaban J connectivity index is 1.58. The van der Waals surface area contributed by atoms with Crippen molar-refractivity contribution < 1.29 is 32.9 Å². The van der Waals surface area contributed by atoms with Gasteiger partial charge in [0.15, 0.2) is 0 Å². The molecule has 3 aromatic carbocycles. The molecule has 0 spiro atoms. The first-order valence-corrected chi connectivity index (χ1v) is 9.63. The highest BCUT2D eigenvalue weighted by molar-refractivity contribution is 5.95. The molecule has 0 saturated heterocycles. The maximum atomic E-state index is 14.2. The Labute approximate surface area is 179 Å². The van der Waals surface area contributed by atoms with Crippen LogP contribution < -0.4 is 14.2 Å². The van der Waals surface area contributed by atoms with Crippen LogP contribution in [0.2, 0.25) is 0 Å². The second kappa shape index (κ2) is 9.06. The van der Waals surface area contributed by atoms with E-state index >= 15 is 0 Å². The lowest BCUT2D eigenvalue weighted by atomic mass is 10.1. The third-order valence-corrected chi connectivity index (χ3v) is 4.89. The molecule has 0 radical (unpaired) electrons. The second-order valence-electron chi connectivity index (χ2n) is 6.84. The molecule has 0 aliphatic carbocycles. The number of esters is 1. The normalized spacial score (nSPS) is 14.9. The largest absolute Gasteiger partial charge is 0.496 e. The third kappa shape index (κ3) is 4.32. The summed E-state index contributed by atoms with van der Waals surface area (Å²) in [7, 11) is 2.90. The molecule has 1 heterocycles. The molecule has 160 valence electrons.